The number of benzene rings is 2. The molecule has 0 saturated carbocycles. The largest absolute Gasteiger partial charge is 0.478 e. The van der Waals surface area contributed by atoms with Crippen molar-refractivity contribution >= 4 is 33.7 Å². The molecule has 0 unspecified atom stereocenters. The lowest BCUT2D eigenvalue weighted by Gasteiger charge is -2.06. The first-order valence-corrected chi connectivity index (χ1v) is 7.14. The third-order valence-electron chi connectivity index (χ3n) is 2.41. The lowest BCUT2D eigenvalue weighted by Crippen LogP contribution is -1.98. The topological polar surface area (TPSA) is 37.3 Å². The van der Waals surface area contributed by atoms with E-state index in [2.05, 4.69) is 15.9 Å². The van der Waals surface area contributed by atoms with Crippen molar-refractivity contribution in [2.45, 2.75) is 10.6 Å². The Morgan fingerprint density at radius 1 is 1.17 bits per heavy atom. The van der Waals surface area contributed by atoms with Crippen LogP contribution in [0.5, 0.6) is 0 Å². The molecule has 0 heterocycles. The highest BCUT2D eigenvalue weighted by Gasteiger charge is 2.10. The van der Waals surface area contributed by atoms with Crippen molar-refractivity contribution in [3.05, 3.63) is 64.1 Å². The van der Waals surface area contributed by atoms with E-state index in [1.807, 2.05) is 36.4 Å². The van der Waals surface area contributed by atoms with Crippen LogP contribution in [0.25, 0.3) is 0 Å². The average Bonchev–Trinajstić information content (AvgIpc) is 2.37. The summed E-state index contributed by atoms with van der Waals surface area (Å²) in [6.45, 7) is 0. The molecule has 0 atom stereocenters. The fourth-order valence-corrected chi connectivity index (χ4v) is 3.08. The molecule has 0 radical (unpaired) electrons. The minimum Gasteiger partial charge on any atom is -0.478 e. The Kier molecular flexibility index (Phi) is 4.44. The molecule has 0 aliphatic carbocycles. The summed E-state index contributed by atoms with van der Waals surface area (Å²) in [6, 6.07) is 15.2. The summed E-state index contributed by atoms with van der Waals surface area (Å²) < 4.78 is 0.892. The summed E-state index contributed by atoms with van der Waals surface area (Å²) >= 11 is 4.90. The Balaban J connectivity index is 2.18. The maximum atomic E-state index is 11.1. The van der Waals surface area contributed by atoms with Gasteiger partial charge in [0.05, 0.1) is 5.56 Å². The zero-order valence-corrected chi connectivity index (χ0v) is 11.9. The quantitative estimate of drug-likeness (QED) is 0.845. The van der Waals surface area contributed by atoms with Gasteiger partial charge in [-0.3, -0.25) is 0 Å². The second-order valence-corrected chi connectivity index (χ2v) is 5.65. The molecular formula is C14H11BrO2S. The van der Waals surface area contributed by atoms with E-state index < -0.39 is 5.97 Å². The normalized spacial score (nSPS) is 10.3. The molecule has 2 aromatic rings. The van der Waals surface area contributed by atoms with Gasteiger partial charge in [0, 0.05) is 15.1 Å². The SMILES string of the molecule is O=C(O)c1ccc(Br)cc1SCc1ccccc1. The van der Waals surface area contributed by atoms with Gasteiger partial charge in [0.2, 0.25) is 0 Å². The maximum absolute atomic E-state index is 11.1. The van der Waals surface area contributed by atoms with Crippen LogP contribution in [0.2, 0.25) is 0 Å². The van der Waals surface area contributed by atoms with Crippen molar-refractivity contribution in [2.24, 2.45) is 0 Å². The predicted molar refractivity (Wildman–Crippen MR) is 77.1 cm³/mol. The monoisotopic (exact) mass is 322 g/mol. The highest BCUT2D eigenvalue weighted by atomic mass is 79.9. The van der Waals surface area contributed by atoms with Gasteiger partial charge in [-0.05, 0) is 23.8 Å². The molecule has 92 valence electrons. The Labute approximate surface area is 118 Å². The molecule has 2 aromatic carbocycles. The molecule has 0 bridgehead atoms. The van der Waals surface area contributed by atoms with Crippen molar-refractivity contribution < 1.29 is 9.90 Å². The highest BCUT2D eigenvalue weighted by Crippen LogP contribution is 2.29. The van der Waals surface area contributed by atoms with Gasteiger partial charge in [0.15, 0.2) is 0 Å². The molecule has 0 aromatic heterocycles. The van der Waals surface area contributed by atoms with Crippen LogP contribution in [0.4, 0.5) is 0 Å². The summed E-state index contributed by atoms with van der Waals surface area (Å²) in [7, 11) is 0. The van der Waals surface area contributed by atoms with E-state index in [0.717, 1.165) is 15.1 Å². The third kappa shape index (κ3) is 3.37. The Hall–Kier alpha value is -1.26. The highest BCUT2D eigenvalue weighted by molar-refractivity contribution is 9.10. The van der Waals surface area contributed by atoms with Crippen molar-refractivity contribution in [3.63, 3.8) is 0 Å². The lowest BCUT2D eigenvalue weighted by molar-refractivity contribution is 0.0693. The van der Waals surface area contributed by atoms with Gasteiger partial charge in [0.25, 0.3) is 0 Å². The number of thioether (sulfide) groups is 1. The number of carbonyl (C=O) groups is 1. The summed E-state index contributed by atoms with van der Waals surface area (Å²) in [6.07, 6.45) is 0. The molecule has 0 amide bonds. The van der Waals surface area contributed by atoms with Crippen molar-refractivity contribution in [3.8, 4) is 0 Å². The zero-order valence-electron chi connectivity index (χ0n) is 9.47. The third-order valence-corrected chi connectivity index (χ3v) is 4.03. The standard InChI is InChI=1S/C14H11BrO2S/c15-11-6-7-12(14(16)17)13(8-11)18-9-10-4-2-1-3-5-10/h1-8H,9H2,(H,16,17). The first-order chi connectivity index (χ1) is 8.66. The van der Waals surface area contributed by atoms with Gasteiger partial charge < -0.3 is 5.11 Å². The van der Waals surface area contributed by atoms with Gasteiger partial charge in [-0.1, -0.05) is 46.3 Å². The minimum absolute atomic E-state index is 0.346. The van der Waals surface area contributed by atoms with Crippen LogP contribution >= 0.6 is 27.7 Å². The van der Waals surface area contributed by atoms with Crippen LogP contribution in [0.1, 0.15) is 15.9 Å². The van der Waals surface area contributed by atoms with Crippen LogP contribution in [0, 0.1) is 0 Å². The molecule has 2 nitrogen and oxygen atoms in total. The second kappa shape index (κ2) is 6.07. The smallest absolute Gasteiger partial charge is 0.336 e. The molecule has 0 aliphatic heterocycles. The Morgan fingerprint density at radius 2 is 1.89 bits per heavy atom. The Bertz CT molecular complexity index is 555. The van der Waals surface area contributed by atoms with E-state index in [1.54, 1.807) is 12.1 Å². The van der Waals surface area contributed by atoms with E-state index in [4.69, 9.17) is 5.11 Å². The van der Waals surface area contributed by atoms with E-state index in [9.17, 15) is 4.79 Å². The van der Waals surface area contributed by atoms with Gasteiger partial charge in [-0.15, -0.1) is 11.8 Å². The number of carboxylic acid groups (broad SMARTS) is 1. The molecule has 1 N–H and O–H groups in total. The van der Waals surface area contributed by atoms with Crippen LogP contribution in [0.3, 0.4) is 0 Å². The summed E-state index contributed by atoms with van der Waals surface area (Å²) in [5, 5.41) is 9.13. The first kappa shape index (κ1) is 13.2. The number of rotatable bonds is 4. The van der Waals surface area contributed by atoms with E-state index in [-0.39, 0.29) is 0 Å². The molecule has 0 spiro atoms. The molecule has 18 heavy (non-hydrogen) atoms. The van der Waals surface area contributed by atoms with Gasteiger partial charge in [-0.25, -0.2) is 4.79 Å². The molecule has 0 aliphatic rings. The van der Waals surface area contributed by atoms with E-state index in [0.29, 0.717) is 5.56 Å². The van der Waals surface area contributed by atoms with Crippen LogP contribution in [0.15, 0.2) is 57.9 Å². The summed E-state index contributed by atoms with van der Waals surface area (Å²) in [5.41, 5.74) is 1.53. The molecule has 0 fully saturated rings. The zero-order chi connectivity index (χ0) is 13.0. The molecule has 0 saturated heterocycles. The van der Waals surface area contributed by atoms with Crippen LogP contribution in [-0.4, -0.2) is 11.1 Å². The van der Waals surface area contributed by atoms with Crippen LogP contribution in [-0.2, 0) is 5.75 Å². The van der Waals surface area contributed by atoms with Gasteiger partial charge in [-0.2, -0.15) is 0 Å². The molecule has 2 rings (SSSR count). The summed E-state index contributed by atoms with van der Waals surface area (Å²) in [5.74, 6) is -0.129. The van der Waals surface area contributed by atoms with Crippen molar-refractivity contribution in [1.29, 1.82) is 0 Å². The summed E-state index contributed by atoms with van der Waals surface area (Å²) in [4.78, 5) is 11.9. The number of halogens is 1. The van der Waals surface area contributed by atoms with Gasteiger partial charge in [0.1, 0.15) is 0 Å². The average molecular weight is 323 g/mol. The predicted octanol–water partition coefficient (Wildman–Crippen LogP) is 4.44. The first-order valence-electron chi connectivity index (χ1n) is 5.36. The molecular weight excluding hydrogens is 312 g/mol. The van der Waals surface area contributed by atoms with E-state index in [1.165, 1.54) is 17.3 Å². The number of aromatic carboxylic acids is 1. The minimum atomic E-state index is -0.891. The van der Waals surface area contributed by atoms with Crippen molar-refractivity contribution in [1.82, 2.24) is 0 Å². The number of hydrogen-bond acceptors (Lipinski definition) is 2. The van der Waals surface area contributed by atoms with Crippen LogP contribution < -0.4 is 0 Å². The fourth-order valence-electron chi connectivity index (χ4n) is 1.53. The second-order valence-electron chi connectivity index (χ2n) is 3.72. The fraction of sp³-hybridized carbons (Fsp3) is 0.0714. The van der Waals surface area contributed by atoms with Crippen molar-refractivity contribution in [2.75, 3.05) is 0 Å². The van der Waals surface area contributed by atoms with E-state index >= 15 is 0 Å². The molecule has 4 heteroatoms. The van der Waals surface area contributed by atoms with Gasteiger partial charge >= 0.3 is 5.97 Å². The maximum Gasteiger partial charge on any atom is 0.336 e. The lowest BCUT2D eigenvalue weighted by atomic mass is 10.2. The number of hydrogen-bond donors (Lipinski definition) is 1. The Morgan fingerprint density at radius 3 is 2.56 bits per heavy atom. The number of carboxylic acids is 1.